The number of esters is 1. The second-order valence-electron chi connectivity index (χ2n) is 7.10. The number of carbonyl (C=O) groups is 2. The highest BCUT2D eigenvalue weighted by atomic mass is 35.5. The van der Waals surface area contributed by atoms with Gasteiger partial charge in [0.05, 0.1) is 29.5 Å². The lowest BCUT2D eigenvalue weighted by Gasteiger charge is -2.31. The van der Waals surface area contributed by atoms with Crippen molar-refractivity contribution < 1.29 is 18.7 Å². The summed E-state index contributed by atoms with van der Waals surface area (Å²) in [7, 11) is 0. The monoisotopic (exact) mass is 427 g/mol. The highest BCUT2D eigenvalue weighted by Gasteiger charge is 2.32. The molecule has 0 spiro atoms. The SMILES string of the molecule is CCOC(=O)C1CCCN(C(=O)c2cc(-c3ccco3)nn2-c2ccccc2Cl)C1. The maximum Gasteiger partial charge on any atom is 0.310 e. The number of ether oxygens (including phenoxy) is 1. The van der Waals surface area contributed by atoms with E-state index in [-0.39, 0.29) is 17.8 Å². The number of benzene rings is 1. The summed E-state index contributed by atoms with van der Waals surface area (Å²) in [4.78, 5) is 27.3. The van der Waals surface area contributed by atoms with Gasteiger partial charge in [0.2, 0.25) is 0 Å². The van der Waals surface area contributed by atoms with Gasteiger partial charge in [0, 0.05) is 19.2 Å². The molecule has 3 aromatic rings. The Hall–Kier alpha value is -3.06. The first-order valence-corrected chi connectivity index (χ1v) is 10.3. The number of hydrogen-bond donors (Lipinski definition) is 0. The van der Waals surface area contributed by atoms with E-state index in [0.717, 1.165) is 6.42 Å². The number of nitrogens with zero attached hydrogens (tertiary/aromatic N) is 3. The van der Waals surface area contributed by atoms with Crippen LogP contribution in [0.2, 0.25) is 5.02 Å². The molecule has 1 atom stereocenters. The van der Waals surface area contributed by atoms with Crippen LogP contribution in [0.1, 0.15) is 30.3 Å². The van der Waals surface area contributed by atoms with Crippen LogP contribution in [0.25, 0.3) is 17.1 Å². The van der Waals surface area contributed by atoms with Crippen molar-refractivity contribution in [2.75, 3.05) is 19.7 Å². The molecule has 4 rings (SSSR count). The Morgan fingerprint density at radius 2 is 2.10 bits per heavy atom. The van der Waals surface area contributed by atoms with Crippen molar-refractivity contribution in [1.29, 1.82) is 0 Å². The molecule has 0 aliphatic carbocycles. The summed E-state index contributed by atoms with van der Waals surface area (Å²) in [6, 6.07) is 12.4. The summed E-state index contributed by atoms with van der Waals surface area (Å²) in [6.45, 7) is 3.00. The zero-order valence-electron chi connectivity index (χ0n) is 16.6. The molecule has 1 saturated heterocycles. The van der Waals surface area contributed by atoms with Crippen molar-refractivity contribution in [3.05, 3.63) is 59.4 Å². The first kappa shape index (κ1) is 20.2. The summed E-state index contributed by atoms with van der Waals surface area (Å²) in [6.07, 6.45) is 3.00. The Labute approximate surface area is 179 Å². The van der Waals surface area contributed by atoms with E-state index in [4.69, 9.17) is 20.8 Å². The standard InChI is InChI=1S/C22H22ClN3O4/c1-2-29-22(28)15-7-5-11-25(14-15)21(27)19-13-17(20-10-6-12-30-20)24-26(19)18-9-4-3-8-16(18)23/h3-4,6,8-10,12-13,15H,2,5,7,11,14H2,1H3. The molecule has 0 N–H and O–H groups in total. The minimum Gasteiger partial charge on any atom is -0.466 e. The van der Waals surface area contributed by atoms with Gasteiger partial charge in [-0.2, -0.15) is 5.10 Å². The van der Waals surface area contributed by atoms with E-state index in [1.54, 1.807) is 48.4 Å². The van der Waals surface area contributed by atoms with Gasteiger partial charge in [0.15, 0.2) is 5.76 Å². The molecule has 1 unspecified atom stereocenters. The van der Waals surface area contributed by atoms with Crippen LogP contribution < -0.4 is 0 Å². The average Bonchev–Trinajstić information content (AvgIpc) is 3.44. The highest BCUT2D eigenvalue weighted by molar-refractivity contribution is 6.32. The summed E-state index contributed by atoms with van der Waals surface area (Å²) in [5.41, 5.74) is 1.49. The maximum absolute atomic E-state index is 13.5. The fraction of sp³-hybridized carbons (Fsp3) is 0.318. The van der Waals surface area contributed by atoms with Crippen molar-refractivity contribution >= 4 is 23.5 Å². The Kier molecular flexibility index (Phi) is 5.90. The molecule has 0 bridgehead atoms. The largest absolute Gasteiger partial charge is 0.466 e. The van der Waals surface area contributed by atoms with Crippen LogP contribution >= 0.6 is 11.6 Å². The van der Waals surface area contributed by atoms with Crippen LogP contribution in [0.5, 0.6) is 0 Å². The number of hydrogen-bond acceptors (Lipinski definition) is 5. The quantitative estimate of drug-likeness (QED) is 0.570. The van der Waals surface area contributed by atoms with E-state index in [1.165, 1.54) is 4.68 Å². The molecule has 0 saturated carbocycles. The Balaban J connectivity index is 1.69. The number of likely N-dealkylation sites (tertiary alicyclic amines) is 1. The second-order valence-corrected chi connectivity index (χ2v) is 7.50. The summed E-state index contributed by atoms with van der Waals surface area (Å²) >= 11 is 6.38. The van der Waals surface area contributed by atoms with E-state index in [0.29, 0.717) is 54.0 Å². The lowest BCUT2D eigenvalue weighted by atomic mass is 9.98. The molecule has 1 amide bonds. The molecular weight excluding hydrogens is 406 g/mol. The van der Waals surface area contributed by atoms with Crippen LogP contribution in [0, 0.1) is 5.92 Å². The van der Waals surface area contributed by atoms with Crippen molar-refractivity contribution in [3.8, 4) is 17.1 Å². The number of furan rings is 1. The number of piperidine rings is 1. The number of rotatable bonds is 5. The lowest BCUT2D eigenvalue weighted by molar-refractivity contribution is -0.149. The number of para-hydroxylation sites is 1. The normalized spacial score (nSPS) is 16.5. The molecule has 156 valence electrons. The van der Waals surface area contributed by atoms with Crippen LogP contribution in [-0.2, 0) is 9.53 Å². The zero-order chi connectivity index (χ0) is 21.1. The topological polar surface area (TPSA) is 77.6 Å². The fourth-order valence-electron chi connectivity index (χ4n) is 3.66. The number of carbonyl (C=O) groups excluding carboxylic acids is 2. The van der Waals surface area contributed by atoms with Gasteiger partial charge < -0.3 is 14.1 Å². The van der Waals surface area contributed by atoms with Gasteiger partial charge in [-0.1, -0.05) is 23.7 Å². The molecule has 1 fully saturated rings. The van der Waals surface area contributed by atoms with E-state index < -0.39 is 0 Å². The number of amides is 1. The molecule has 1 aliphatic rings. The highest BCUT2D eigenvalue weighted by Crippen LogP contribution is 2.28. The zero-order valence-corrected chi connectivity index (χ0v) is 17.3. The molecule has 1 aliphatic heterocycles. The van der Waals surface area contributed by atoms with Gasteiger partial charge >= 0.3 is 5.97 Å². The molecule has 1 aromatic carbocycles. The summed E-state index contributed by atoms with van der Waals surface area (Å²) < 4.78 is 12.2. The lowest BCUT2D eigenvalue weighted by Crippen LogP contribution is -2.43. The molecular formula is C22H22ClN3O4. The predicted molar refractivity (Wildman–Crippen MR) is 112 cm³/mol. The van der Waals surface area contributed by atoms with Crippen LogP contribution in [-0.4, -0.2) is 46.3 Å². The number of halogens is 1. The van der Waals surface area contributed by atoms with E-state index in [9.17, 15) is 9.59 Å². The smallest absolute Gasteiger partial charge is 0.310 e. The van der Waals surface area contributed by atoms with E-state index in [1.807, 2.05) is 12.1 Å². The van der Waals surface area contributed by atoms with Gasteiger partial charge in [0.25, 0.3) is 5.91 Å². The molecule has 2 aromatic heterocycles. The third-order valence-corrected chi connectivity index (χ3v) is 5.43. The summed E-state index contributed by atoms with van der Waals surface area (Å²) in [5, 5.41) is 5.06. The third-order valence-electron chi connectivity index (χ3n) is 5.11. The minimum atomic E-state index is -0.316. The Morgan fingerprint density at radius 1 is 1.27 bits per heavy atom. The van der Waals surface area contributed by atoms with Crippen LogP contribution in [0.3, 0.4) is 0 Å². The van der Waals surface area contributed by atoms with Crippen molar-refractivity contribution in [3.63, 3.8) is 0 Å². The molecule has 3 heterocycles. The first-order chi connectivity index (χ1) is 14.6. The third kappa shape index (κ3) is 3.98. The van der Waals surface area contributed by atoms with E-state index in [2.05, 4.69) is 5.10 Å². The molecule has 0 radical (unpaired) electrons. The fourth-order valence-corrected chi connectivity index (χ4v) is 3.88. The Bertz CT molecular complexity index is 1040. The molecule has 7 nitrogen and oxygen atoms in total. The van der Waals surface area contributed by atoms with Crippen molar-refractivity contribution in [1.82, 2.24) is 14.7 Å². The first-order valence-electron chi connectivity index (χ1n) is 9.93. The van der Waals surface area contributed by atoms with Gasteiger partial charge in [0.1, 0.15) is 11.4 Å². The second kappa shape index (κ2) is 8.75. The average molecular weight is 428 g/mol. The van der Waals surface area contributed by atoms with Crippen LogP contribution in [0.4, 0.5) is 0 Å². The van der Waals surface area contributed by atoms with Crippen LogP contribution in [0.15, 0.2) is 53.1 Å². The molecule has 30 heavy (non-hydrogen) atoms. The van der Waals surface area contributed by atoms with Crippen molar-refractivity contribution in [2.45, 2.75) is 19.8 Å². The molecule has 8 heteroatoms. The maximum atomic E-state index is 13.5. The number of aromatic nitrogens is 2. The minimum absolute atomic E-state index is 0.214. The Morgan fingerprint density at radius 3 is 2.83 bits per heavy atom. The van der Waals surface area contributed by atoms with Gasteiger partial charge in [-0.3, -0.25) is 9.59 Å². The van der Waals surface area contributed by atoms with Crippen molar-refractivity contribution in [2.24, 2.45) is 5.92 Å². The van der Waals surface area contributed by atoms with Gasteiger partial charge in [-0.05, 0) is 44.0 Å². The van der Waals surface area contributed by atoms with Gasteiger partial charge in [-0.25, -0.2) is 4.68 Å². The summed E-state index contributed by atoms with van der Waals surface area (Å²) in [5.74, 6) is -0.234. The predicted octanol–water partition coefficient (Wildman–Crippen LogP) is 4.20. The van der Waals surface area contributed by atoms with Gasteiger partial charge in [-0.15, -0.1) is 0 Å². The van der Waals surface area contributed by atoms with E-state index >= 15 is 0 Å².